The van der Waals surface area contributed by atoms with Gasteiger partial charge in [0.1, 0.15) is 6.04 Å². The van der Waals surface area contributed by atoms with E-state index in [0.717, 1.165) is 0 Å². The summed E-state index contributed by atoms with van der Waals surface area (Å²) in [7, 11) is 1.52. The van der Waals surface area contributed by atoms with E-state index in [1.165, 1.54) is 12.0 Å². The lowest BCUT2D eigenvalue weighted by Gasteiger charge is -2.41. The first-order chi connectivity index (χ1) is 6.86. The van der Waals surface area contributed by atoms with Crippen LogP contribution in [0.25, 0.3) is 0 Å². The van der Waals surface area contributed by atoms with E-state index in [1.54, 1.807) is 6.92 Å². The van der Waals surface area contributed by atoms with Gasteiger partial charge in [-0.3, -0.25) is 0 Å². The molecule has 0 bridgehead atoms. The molecule has 1 heterocycles. The summed E-state index contributed by atoms with van der Waals surface area (Å²) in [6.45, 7) is 5.45. The van der Waals surface area contributed by atoms with Crippen LogP contribution < -0.4 is 0 Å². The third kappa shape index (κ3) is 2.87. The van der Waals surface area contributed by atoms with Crippen LogP contribution in [0.2, 0.25) is 0 Å². The van der Waals surface area contributed by atoms with Crippen molar-refractivity contribution in [2.24, 2.45) is 0 Å². The number of methoxy groups -OCH3 is 1. The monoisotopic (exact) mass is 223 g/mol. The Hall–Kier alpha value is -0.710. The van der Waals surface area contributed by atoms with Crippen molar-refractivity contribution < 1.29 is 17.9 Å². The highest BCUT2D eigenvalue weighted by Crippen LogP contribution is 2.34. The van der Waals surface area contributed by atoms with Crippen LogP contribution in [-0.2, 0) is 4.74 Å². The Labute approximate surface area is 87.7 Å². The Morgan fingerprint density at radius 2 is 2.00 bits per heavy atom. The second-order valence-electron chi connectivity index (χ2n) is 3.88. The fourth-order valence-electron chi connectivity index (χ4n) is 1.89. The molecule has 1 rings (SSSR count). The zero-order valence-corrected chi connectivity index (χ0v) is 8.97. The molecule has 2 nitrogen and oxygen atoms in total. The second kappa shape index (κ2) is 4.43. The molecule has 0 aromatic carbocycles. The highest BCUT2D eigenvalue weighted by atomic mass is 19.4. The van der Waals surface area contributed by atoms with Gasteiger partial charge in [-0.2, -0.15) is 13.2 Å². The van der Waals surface area contributed by atoms with E-state index in [-0.39, 0.29) is 19.1 Å². The van der Waals surface area contributed by atoms with Gasteiger partial charge >= 0.3 is 6.18 Å². The number of rotatable bonds is 2. The fraction of sp³-hybridized carbons (Fsp3) is 0.800. The van der Waals surface area contributed by atoms with Crippen molar-refractivity contribution in [3.8, 4) is 0 Å². The van der Waals surface area contributed by atoms with Crippen LogP contribution in [0.3, 0.4) is 0 Å². The van der Waals surface area contributed by atoms with Gasteiger partial charge in [-0.1, -0.05) is 6.58 Å². The molecule has 0 aromatic heterocycles. The summed E-state index contributed by atoms with van der Waals surface area (Å²) in [5.41, 5.74) is 0.444. The standard InChI is InChI=1S/C10H16F3NO/c1-7(2)14-6-8(15-3)4-5-9(14)10(11,12)13/h8-9H,1,4-6H2,2-3H3. The van der Waals surface area contributed by atoms with Gasteiger partial charge in [0.05, 0.1) is 6.10 Å². The van der Waals surface area contributed by atoms with Gasteiger partial charge < -0.3 is 9.64 Å². The molecule has 0 amide bonds. The molecule has 0 spiro atoms. The zero-order chi connectivity index (χ0) is 11.6. The molecular weight excluding hydrogens is 207 g/mol. The summed E-state index contributed by atoms with van der Waals surface area (Å²) >= 11 is 0. The van der Waals surface area contributed by atoms with E-state index in [2.05, 4.69) is 6.58 Å². The summed E-state index contributed by atoms with van der Waals surface area (Å²) in [6.07, 6.45) is -3.78. The third-order valence-electron chi connectivity index (χ3n) is 2.74. The average Bonchev–Trinajstić information content (AvgIpc) is 2.15. The second-order valence-corrected chi connectivity index (χ2v) is 3.88. The van der Waals surface area contributed by atoms with E-state index in [1.807, 2.05) is 0 Å². The topological polar surface area (TPSA) is 12.5 Å². The molecule has 1 aliphatic heterocycles. The lowest BCUT2D eigenvalue weighted by molar-refractivity contribution is -0.193. The summed E-state index contributed by atoms with van der Waals surface area (Å²) in [5.74, 6) is 0. The van der Waals surface area contributed by atoms with Crippen molar-refractivity contribution in [3.63, 3.8) is 0 Å². The first-order valence-corrected chi connectivity index (χ1v) is 4.88. The molecule has 0 aliphatic carbocycles. The normalized spacial score (nSPS) is 27.9. The molecule has 2 atom stereocenters. The Morgan fingerprint density at radius 3 is 2.40 bits per heavy atom. The minimum absolute atomic E-state index is 0.0782. The molecule has 1 aliphatic rings. The van der Waals surface area contributed by atoms with Gasteiger partial charge in [-0.05, 0) is 19.8 Å². The van der Waals surface area contributed by atoms with Gasteiger partial charge in [0, 0.05) is 19.4 Å². The van der Waals surface area contributed by atoms with Crippen molar-refractivity contribution in [2.75, 3.05) is 13.7 Å². The van der Waals surface area contributed by atoms with E-state index < -0.39 is 12.2 Å². The van der Waals surface area contributed by atoms with Crippen LogP contribution in [0.4, 0.5) is 13.2 Å². The minimum atomic E-state index is -4.18. The summed E-state index contributed by atoms with van der Waals surface area (Å²) in [6, 6.07) is -1.40. The molecule has 0 aromatic rings. The molecule has 5 heteroatoms. The van der Waals surface area contributed by atoms with Gasteiger partial charge in [0.2, 0.25) is 0 Å². The van der Waals surface area contributed by atoms with Gasteiger partial charge in [-0.25, -0.2) is 0 Å². The SMILES string of the molecule is C=C(C)N1CC(OC)CCC1C(F)(F)F. The van der Waals surface area contributed by atoms with Crippen molar-refractivity contribution in [3.05, 3.63) is 12.3 Å². The number of nitrogens with zero attached hydrogens (tertiary/aromatic N) is 1. The van der Waals surface area contributed by atoms with Crippen LogP contribution in [0.15, 0.2) is 12.3 Å². The first kappa shape index (κ1) is 12.4. The molecule has 1 saturated heterocycles. The van der Waals surface area contributed by atoms with E-state index >= 15 is 0 Å². The minimum Gasteiger partial charge on any atom is -0.380 e. The Bertz CT molecular complexity index is 239. The van der Waals surface area contributed by atoms with Crippen molar-refractivity contribution in [2.45, 2.75) is 38.1 Å². The van der Waals surface area contributed by atoms with E-state index in [0.29, 0.717) is 12.1 Å². The predicted octanol–water partition coefficient (Wildman–Crippen LogP) is 2.56. The van der Waals surface area contributed by atoms with E-state index in [4.69, 9.17) is 4.74 Å². The maximum atomic E-state index is 12.7. The highest BCUT2D eigenvalue weighted by Gasteiger charge is 2.46. The van der Waals surface area contributed by atoms with Crippen LogP contribution in [0.1, 0.15) is 19.8 Å². The molecule has 0 N–H and O–H groups in total. The van der Waals surface area contributed by atoms with Gasteiger partial charge in [-0.15, -0.1) is 0 Å². The molecule has 0 radical (unpaired) electrons. The number of likely N-dealkylation sites (tertiary alicyclic amines) is 1. The maximum absolute atomic E-state index is 12.7. The summed E-state index contributed by atoms with van der Waals surface area (Å²) < 4.78 is 43.1. The average molecular weight is 223 g/mol. The fourth-order valence-corrected chi connectivity index (χ4v) is 1.89. The van der Waals surface area contributed by atoms with Crippen molar-refractivity contribution in [1.29, 1.82) is 0 Å². The van der Waals surface area contributed by atoms with Crippen LogP contribution in [-0.4, -0.2) is 36.9 Å². The molecule has 15 heavy (non-hydrogen) atoms. The number of piperidine rings is 1. The van der Waals surface area contributed by atoms with Gasteiger partial charge in [0.15, 0.2) is 0 Å². The number of hydrogen-bond acceptors (Lipinski definition) is 2. The Kier molecular flexibility index (Phi) is 3.65. The number of halogens is 3. The highest BCUT2D eigenvalue weighted by molar-refractivity contribution is 4.99. The van der Waals surface area contributed by atoms with Gasteiger partial charge in [0.25, 0.3) is 0 Å². The van der Waals surface area contributed by atoms with Crippen LogP contribution in [0.5, 0.6) is 0 Å². The molecular formula is C10H16F3NO. The number of alkyl halides is 3. The largest absolute Gasteiger partial charge is 0.408 e. The maximum Gasteiger partial charge on any atom is 0.408 e. The lowest BCUT2D eigenvalue weighted by Crippen LogP contribution is -2.51. The first-order valence-electron chi connectivity index (χ1n) is 4.88. The van der Waals surface area contributed by atoms with Crippen LogP contribution >= 0.6 is 0 Å². The molecule has 2 unspecified atom stereocenters. The number of ether oxygens (including phenoxy) is 1. The Balaban J connectivity index is 2.76. The van der Waals surface area contributed by atoms with Crippen molar-refractivity contribution >= 4 is 0 Å². The molecule has 0 saturated carbocycles. The Morgan fingerprint density at radius 1 is 1.40 bits per heavy atom. The summed E-state index contributed by atoms with van der Waals surface area (Å²) in [5, 5.41) is 0. The van der Waals surface area contributed by atoms with E-state index in [9.17, 15) is 13.2 Å². The predicted molar refractivity (Wildman–Crippen MR) is 51.4 cm³/mol. The zero-order valence-electron chi connectivity index (χ0n) is 8.97. The third-order valence-corrected chi connectivity index (χ3v) is 2.74. The lowest BCUT2D eigenvalue weighted by atomic mass is 9.99. The summed E-state index contributed by atoms with van der Waals surface area (Å²) in [4.78, 5) is 1.29. The smallest absolute Gasteiger partial charge is 0.380 e. The van der Waals surface area contributed by atoms with Crippen LogP contribution in [0, 0.1) is 0 Å². The molecule has 88 valence electrons. The number of allylic oxidation sites excluding steroid dienone is 1. The quantitative estimate of drug-likeness (QED) is 0.713. The number of hydrogen-bond donors (Lipinski definition) is 0. The van der Waals surface area contributed by atoms with Crippen molar-refractivity contribution in [1.82, 2.24) is 4.90 Å². The molecule has 1 fully saturated rings.